The van der Waals surface area contributed by atoms with E-state index in [-0.39, 0.29) is 11.8 Å². The average Bonchev–Trinajstić information content (AvgIpc) is 3.15. The molecule has 1 aromatic heterocycles. The van der Waals surface area contributed by atoms with Crippen molar-refractivity contribution in [2.75, 3.05) is 44.3 Å². The van der Waals surface area contributed by atoms with Gasteiger partial charge in [0.25, 0.3) is 0 Å². The molecule has 0 spiro atoms. The van der Waals surface area contributed by atoms with Gasteiger partial charge in [-0.15, -0.1) is 0 Å². The lowest BCUT2D eigenvalue weighted by Gasteiger charge is -2.30. The Morgan fingerprint density at radius 1 is 1.25 bits per heavy atom. The Balaban J connectivity index is 1.50. The molecular weight excluding hydrogens is 394 g/mol. The summed E-state index contributed by atoms with van der Waals surface area (Å²) in [7, 11) is 0. The predicted molar refractivity (Wildman–Crippen MR) is 115 cm³/mol. The summed E-state index contributed by atoms with van der Waals surface area (Å²) in [5.41, 5.74) is 0.916. The SMILES string of the molecule is O=C(C1CCCCC1)N(CCCN1CCOCC1)c1nc2ccc(Cl)cc2s1. The number of nitrogens with zero attached hydrogens (tertiary/aromatic N) is 3. The number of fused-ring (bicyclic) bond motifs is 1. The molecule has 7 heteroatoms. The van der Waals surface area contributed by atoms with E-state index in [0.717, 1.165) is 86.8 Å². The summed E-state index contributed by atoms with van der Waals surface area (Å²) in [6, 6.07) is 5.74. The maximum atomic E-state index is 13.4. The molecular formula is C21H28ClN3O2S. The number of carbonyl (C=O) groups is 1. The van der Waals surface area contributed by atoms with Crippen molar-refractivity contribution < 1.29 is 9.53 Å². The molecule has 0 unspecified atom stereocenters. The number of halogens is 1. The van der Waals surface area contributed by atoms with Crippen molar-refractivity contribution in [3.05, 3.63) is 23.2 Å². The average molecular weight is 422 g/mol. The zero-order valence-electron chi connectivity index (χ0n) is 16.2. The maximum absolute atomic E-state index is 13.4. The summed E-state index contributed by atoms with van der Waals surface area (Å²) in [5, 5.41) is 1.52. The number of carbonyl (C=O) groups excluding carboxylic acids is 1. The van der Waals surface area contributed by atoms with Gasteiger partial charge in [-0.3, -0.25) is 14.6 Å². The molecule has 5 nitrogen and oxygen atoms in total. The molecule has 0 N–H and O–H groups in total. The van der Waals surface area contributed by atoms with Gasteiger partial charge in [0.05, 0.1) is 23.4 Å². The van der Waals surface area contributed by atoms with Crippen molar-refractivity contribution in [1.82, 2.24) is 9.88 Å². The molecule has 2 fully saturated rings. The Bertz CT molecular complexity index is 800. The van der Waals surface area contributed by atoms with Gasteiger partial charge in [0.15, 0.2) is 5.13 Å². The molecule has 4 rings (SSSR count). The molecule has 28 heavy (non-hydrogen) atoms. The zero-order chi connectivity index (χ0) is 19.3. The smallest absolute Gasteiger partial charge is 0.231 e. The lowest BCUT2D eigenvalue weighted by atomic mass is 9.88. The quantitative estimate of drug-likeness (QED) is 0.684. The summed E-state index contributed by atoms with van der Waals surface area (Å²) in [6.07, 6.45) is 6.54. The van der Waals surface area contributed by atoms with Gasteiger partial charge >= 0.3 is 0 Å². The number of thiazole rings is 1. The van der Waals surface area contributed by atoms with Crippen LogP contribution in [0.25, 0.3) is 10.2 Å². The van der Waals surface area contributed by atoms with Crippen LogP contribution in [0.3, 0.4) is 0 Å². The zero-order valence-corrected chi connectivity index (χ0v) is 17.8. The predicted octanol–water partition coefficient (Wildman–Crippen LogP) is 4.59. The number of morpholine rings is 1. The molecule has 1 aromatic carbocycles. The Morgan fingerprint density at radius 3 is 2.82 bits per heavy atom. The van der Waals surface area contributed by atoms with E-state index in [2.05, 4.69) is 4.90 Å². The molecule has 0 radical (unpaired) electrons. The van der Waals surface area contributed by atoms with Crippen molar-refractivity contribution in [3.63, 3.8) is 0 Å². The lowest BCUT2D eigenvalue weighted by molar-refractivity contribution is -0.123. The normalized spacial score (nSPS) is 19.2. The van der Waals surface area contributed by atoms with Crippen LogP contribution < -0.4 is 4.90 Å². The first kappa shape index (κ1) is 20.1. The van der Waals surface area contributed by atoms with Gasteiger partial charge in [0.1, 0.15) is 0 Å². The van der Waals surface area contributed by atoms with Crippen LogP contribution in [0.4, 0.5) is 5.13 Å². The minimum atomic E-state index is 0.146. The van der Waals surface area contributed by atoms with Crippen LogP contribution in [-0.2, 0) is 9.53 Å². The van der Waals surface area contributed by atoms with Gasteiger partial charge in [-0.05, 0) is 37.5 Å². The number of rotatable bonds is 6. The lowest BCUT2D eigenvalue weighted by Crippen LogP contribution is -2.41. The second-order valence-electron chi connectivity index (χ2n) is 7.74. The molecule has 1 saturated carbocycles. The highest BCUT2D eigenvalue weighted by atomic mass is 35.5. The third-order valence-corrected chi connectivity index (χ3v) is 7.03. The summed E-state index contributed by atoms with van der Waals surface area (Å²) in [4.78, 5) is 22.5. The van der Waals surface area contributed by atoms with E-state index >= 15 is 0 Å². The first-order valence-corrected chi connectivity index (χ1v) is 11.6. The number of hydrogen-bond acceptors (Lipinski definition) is 5. The molecule has 1 aliphatic heterocycles. The van der Waals surface area contributed by atoms with E-state index in [4.69, 9.17) is 21.3 Å². The minimum Gasteiger partial charge on any atom is -0.379 e. The fourth-order valence-corrected chi connectivity index (χ4v) is 5.42. The number of aromatic nitrogens is 1. The highest BCUT2D eigenvalue weighted by Crippen LogP contribution is 2.33. The molecule has 1 amide bonds. The van der Waals surface area contributed by atoms with Crippen molar-refractivity contribution in [1.29, 1.82) is 0 Å². The largest absolute Gasteiger partial charge is 0.379 e. The van der Waals surface area contributed by atoms with E-state index in [0.29, 0.717) is 5.02 Å². The van der Waals surface area contributed by atoms with Crippen LogP contribution in [0.1, 0.15) is 38.5 Å². The maximum Gasteiger partial charge on any atom is 0.231 e. The van der Waals surface area contributed by atoms with E-state index < -0.39 is 0 Å². The molecule has 2 aliphatic rings. The summed E-state index contributed by atoms with van der Waals surface area (Å²) >= 11 is 7.72. The van der Waals surface area contributed by atoms with Gasteiger partial charge in [-0.2, -0.15) is 0 Å². The third kappa shape index (κ3) is 4.85. The second kappa shape index (κ2) is 9.53. The number of hydrogen-bond donors (Lipinski definition) is 0. The molecule has 2 aromatic rings. The van der Waals surface area contributed by atoms with Crippen LogP contribution in [0, 0.1) is 5.92 Å². The third-order valence-electron chi connectivity index (χ3n) is 5.75. The summed E-state index contributed by atoms with van der Waals surface area (Å²) in [6.45, 7) is 5.30. The molecule has 2 heterocycles. The van der Waals surface area contributed by atoms with Gasteiger partial charge < -0.3 is 4.74 Å². The molecule has 0 bridgehead atoms. The van der Waals surface area contributed by atoms with Crippen molar-refractivity contribution >= 4 is 44.2 Å². The summed E-state index contributed by atoms with van der Waals surface area (Å²) < 4.78 is 6.47. The number of benzene rings is 1. The van der Waals surface area contributed by atoms with E-state index in [1.807, 2.05) is 23.1 Å². The fourth-order valence-electron chi connectivity index (χ4n) is 4.15. The highest BCUT2D eigenvalue weighted by Gasteiger charge is 2.28. The van der Waals surface area contributed by atoms with Crippen molar-refractivity contribution in [3.8, 4) is 0 Å². The first-order valence-electron chi connectivity index (χ1n) is 10.4. The Kier molecular flexibility index (Phi) is 6.83. The Hall–Kier alpha value is -1.21. The van der Waals surface area contributed by atoms with Gasteiger partial charge in [-0.1, -0.05) is 42.2 Å². The van der Waals surface area contributed by atoms with E-state index in [1.165, 1.54) is 6.42 Å². The van der Waals surface area contributed by atoms with Crippen LogP contribution in [0.5, 0.6) is 0 Å². The van der Waals surface area contributed by atoms with Gasteiger partial charge in [-0.25, -0.2) is 4.98 Å². The Morgan fingerprint density at radius 2 is 2.04 bits per heavy atom. The topological polar surface area (TPSA) is 45.7 Å². The monoisotopic (exact) mass is 421 g/mol. The van der Waals surface area contributed by atoms with Crippen LogP contribution in [0.2, 0.25) is 5.02 Å². The van der Waals surface area contributed by atoms with Crippen molar-refractivity contribution in [2.24, 2.45) is 5.92 Å². The minimum absolute atomic E-state index is 0.146. The number of amides is 1. The number of anilines is 1. The molecule has 1 aliphatic carbocycles. The van der Waals surface area contributed by atoms with Gasteiger partial charge in [0.2, 0.25) is 5.91 Å². The van der Waals surface area contributed by atoms with Gasteiger partial charge in [0, 0.05) is 37.1 Å². The van der Waals surface area contributed by atoms with E-state index in [9.17, 15) is 4.79 Å². The van der Waals surface area contributed by atoms with Crippen LogP contribution in [0.15, 0.2) is 18.2 Å². The molecule has 1 saturated heterocycles. The second-order valence-corrected chi connectivity index (χ2v) is 9.19. The highest BCUT2D eigenvalue weighted by molar-refractivity contribution is 7.22. The summed E-state index contributed by atoms with van der Waals surface area (Å²) in [5.74, 6) is 0.402. The van der Waals surface area contributed by atoms with Crippen LogP contribution in [-0.4, -0.2) is 55.2 Å². The number of ether oxygens (including phenoxy) is 1. The molecule has 152 valence electrons. The Labute approximate surface area is 175 Å². The van der Waals surface area contributed by atoms with E-state index in [1.54, 1.807) is 11.3 Å². The first-order chi connectivity index (χ1) is 13.7. The fraction of sp³-hybridized carbons (Fsp3) is 0.619. The van der Waals surface area contributed by atoms with Crippen LogP contribution >= 0.6 is 22.9 Å². The molecule has 0 atom stereocenters. The van der Waals surface area contributed by atoms with Crippen molar-refractivity contribution in [2.45, 2.75) is 38.5 Å². The standard InChI is InChI=1S/C21H28ClN3O2S/c22-17-7-8-18-19(15-17)28-21(23-18)25(20(26)16-5-2-1-3-6-16)10-4-9-24-11-13-27-14-12-24/h7-8,15-16H,1-6,9-14H2.